The number of urea groups is 1. The van der Waals surface area contributed by atoms with E-state index in [1.807, 2.05) is 60.8 Å². The summed E-state index contributed by atoms with van der Waals surface area (Å²) in [6, 6.07) is 27.0. The van der Waals surface area contributed by atoms with Crippen LogP contribution in [-0.4, -0.2) is 108 Å². The van der Waals surface area contributed by atoms with Crippen molar-refractivity contribution in [2.45, 2.75) is 31.7 Å². The van der Waals surface area contributed by atoms with Crippen LogP contribution in [0.1, 0.15) is 16.7 Å². The minimum atomic E-state index is -0.916. The number of likely N-dealkylation sites (N-methyl/N-ethyl adjacent to an activating group) is 1. The van der Waals surface area contributed by atoms with Gasteiger partial charge in [-0.05, 0) is 52.6 Å². The van der Waals surface area contributed by atoms with Gasteiger partial charge in [0, 0.05) is 58.0 Å². The second-order valence-electron chi connectivity index (χ2n) is 13.3. The largest absolute Gasteiger partial charge is 0.508 e. The molecule has 12 heteroatoms. The molecule has 53 heavy (non-hydrogen) atoms. The minimum Gasteiger partial charge on any atom is -0.508 e. The van der Waals surface area contributed by atoms with Gasteiger partial charge in [0.2, 0.25) is 11.8 Å². The summed E-state index contributed by atoms with van der Waals surface area (Å²) in [6.45, 7) is 7.75. The summed E-state index contributed by atoms with van der Waals surface area (Å²) in [5, 5.41) is 16.0. The molecule has 276 valence electrons. The molecule has 0 bridgehead atoms. The van der Waals surface area contributed by atoms with Crippen LogP contribution in [0.15, 0.2) is 110 Å². The Kier molecular flexibility index (Phi) is 12.4. The van der Waals surface area contributed by atoms with E-state index in [-0.39, 0.29) is 49.7 Å². The van der Waals surface area contributed by atoms with E-state index in [0.717, 1.165) is 46.7 Å². The Morgan fingerprint density at radius 1 is 0.962 bits per heavy atom. The van der Waals surface area contributed by atoms with Crippen molar-refractivity contribution in [1.29, 1.82) is 0 Å². The highest BCUT2D eigenvalue weighted by molar-refractivity contribution is 5.91. The molecule has 2 aliphatic rings. The second kappa shape index (κ2) is 17.7. The number of benzene rings is 3. The van der Waals surface area contributed by atoms with Crippen molar-refractivity contribution >= 4 is 23.7 Å². The first kappa shape index (κ1) is 37.1. The molecule has 1 aromatic heterocycles. The van der Waals surface area contributed by atoms with Gasteiger partial charge in [-0.15, -0.1) is 6.58 Å². The Hall–Kier alpha value is -5.72. The zero-order valence-corrected chi connectivity index (χ0v) is 30.1. The van der Waals surface area contributed by atoms with E-state index < -0.39 is 12.2 Å². The molecule has 4 amide bonds. The number of nitrogens with zero attached hydrogens (tertiary/aromatic N) is 5. The van der Waals surface area contributed by atoms with Crippen LogP contribution in [0.2, 0.25) is 0 Å². The smallest absolute Gasteiger partial charge is 0.319 e. The molecule has 2 saturated heterocycles. The van der Waals surface area contributed by atoms with Gasteiger partial charge in [0.25, 0.3) is 0 Å². The number of amides is 4. The van der Waals surface area contributed by atoms with Gasteiger partial charge in [0.05, 0.1) is 26.3 Å². The van der Waals surface area contributed by atoms with E-state index in [4.69, 9.17) is 9.72 Å². The summed E-state index contributed by atoms with van der Waals surface area (Å²) in [5.41, 5.74) is 4.53. The van der Waals surface area contributed by atoms with Crippen LogP contribution in [0.3, 0.4) is 0 Å². The molecular weight excluding hydrogens is 670 g/mol. The summed E-state index contributed by atoms with van der Waals surface area (Å²) < 4.78 is 5.48. The number of anilines is 1. The topological polar surface area (TPSA) is 131 Å². The van der Waals surface area contributed by atoms with E-state index in [1.54, 1.807) is 47.2 Å². The number of hydrogen-bond acceptors (Lipinski definition) is 8. The third-order valence-electron chi connectivity index (χ3n) is 9.63. The fraction of sp³-hybridized carbons (Fsp3) is 0.317. The number of rotatable bonds is 13. The van der Waals surface area contributed by atoms with Crippen LogP contribution in [0.4, 0.5) is 10.6 Å². The summed E-state index contributed by atoms with van der Waals surface area (Å²) in [4.78, 5) is 54.0. The lowest BCUT2D eigenvalue weighted by molar-refractivity contribution is -0.161. The summed E-state index contributed by atoms with van der Waals surface area (Å²) in [6.07, 6.45) is 2.95. The average molecular weight is 718 g/mol. The molecule has 6 rings (SSSR count). The van der Waals surface area contributed by atoms with Gasteiger partial charge < -0.3 is 40.1 Å². The highest BCUT2D eigenvalue weighted by Crippen LogP contribution is 2.28. The third-order valence-corrected chi connectivity index (χ3v) is 9.63. The number of phenolic OH excluding ortho intramolecular Hbond substituents is 1. The number of piperazine rings is 1. The number of phenols is 1. The molecule has 3 aromatic carbocycles. The van der Waals surface area contributed by atoms with Gasteiger partial charge in [-0.25, -0.2) is 9.78 Å². The highest BCUT2D eigenvalue weighted by Gasteiger charge is 2.45. The summed E-state index contributed by atoms with van der Waals surface area (Å²) in [7, 11) is 1.65. The van der Waals surface area contributed by atoms with Gasteiger partial charge in [-0.3, -0.25) is 9.59 Å². The van der Waals surface area contributed by atoms with E-state index in [2.05, 4.69) is 34.2 Å². The molecule has 12 nitrogen and oxygen atoms in total. The Morgan fingerprint density at radius 2 is 1.72 bits per heavy atom. The number of aromatic nitrogens is 1. The minimum absolute atomic E-state index is 0.0399. The van der Waals surface area contributed by atoms with Crippen LogP contribution < -0.4 is 15.5 Å². The van der Waals surface area contributed by atoms with Gasteiger partial charge in [-0.1, -0.05) is 66.7 Å². The van der Waals surface area contributed by atoms with Crippen molar-refractivity contribution in [2.75, 3.05) is 57.9 Å². The SMILES string of the molecule is C=CCNCC(=O)N1[C@@H](N(C)C(=O)NCc2ccccc2)CN(Cc2cccc(-c3ccc(N4CCOCC4)nc3)c2)C(=O)[C@@H]1Cc1ccc(O)cc1. The van der Waals surface area contributed by atoms with Gasteiger partial charge >= 0.3 is 6.03 Å². The molecule has 0 spiro atoms. The molecule has 0 aliphatic carbocycles. The Balaban J connectivity index is 1.28. The van der Waals surface area contributed by atoms with Gasteiger partial charge in [0.1, 0.15) is 23.8 Å². The van der Waals surface area contributed by atoms with E-state index in [1.165, 1.54) is 4.90 Å². The molecule has 0 unspecified atom stereocenters. The van der Waals surface area contributed by atoms with Crippen molar-refractivity contribution in [3.05, 3.63) is 127 Å². The zero-order valence-electron chi connectivity index (χ0n) is 30.1. The quantitative estimate of drug-likeness (QED) is 0.140. The average Bonchev–Trinajstić information content (AvgIpc) is 3.20. The zero-order chi connectivity index (χ0) is 37.2. The van der Waals surface area contributed by atoms with Crippen LogP contribution in [0.25, 0.3) is 11.1 Å². The van der Waals surface area contributed by atoms with Crippen molar-refractivity contribution in [2.24, 2.45) is 0 Å². The number of carbonyl (C=O) groups is 3. The Bertz CT molecular complexity index is 1850. The molecule has 0 radical (unpaired) electrons. The highest BCUT2D eigenvalue weighted by atomic mass is 16.5. The van der Waals surface area contributed by atoms with Crippen LogP contribution >= 0.6 is 0 Å². The molecule has 3 N–H and O–H groups in total. The first-order valence-corrected chi connectivity index (χ1v) is 17.9. The molecule has 2 atom stereocenters. The van der Waals surface area contributed by atoms with Crippen molar-refractivity contribution in [1.82, 2.24) is 30.3 Å². The monoisotopic (exact) mass is 717 g/mol. The predicted octanol–water partition coefficient (Wildman–Crippen LogP) is 4.02. The first-order valence-electron chi connectivity index (χ1n) is 17.9. The lowest BCUT2D eigenvalue weighted by Crippen LogP contribution is -2.69. The molecule has 0 saturated carbocycles. The van der Waals surface area contributed by atoms with E-state index in [0.29, 0.717) is 26.3 Å². The maximum atomic E-state index is 14.5. The van der Waals surface area contributed by atoms with Gasteiger partial charge in [0.15, 0.2) is 0 Å². The predicted molar refractivity (Wildman–Crippen MR) is 204 cm³/mol. The lowest BCUT2D eigenvalue weighted by Gasteiger charge is -2.49. The molecule has 3 heterocycles. The maximum Gasteiger partial charge on any atom is 0.319 e. The molecule has 4 aromatic rings. The molecule has 2 aliphatic heterocycles. The summed E-state index contributed by atoms with van der Waals surface area (Å²) >= 11 is 0. The number of pyridine rings is 1. The summed E-state index contributed by atoms with van der Waals surface area (Å²) in [5.74, 6) is 0.469. The van der Waals surface area contributed by atoms with Crippen molar-refractivity contribution in [3.8, 4) is 16.9 Å². The van der Waals surface area contributed by atoms with Crippen LogP contribution in [0.5, 0.6) is 5.75 Å². The second-order valence-corrected chi connectivity index (χ2v) is 13.3. The number of aromatic hydroxyl groups is 1. The Labute approximate surface area is 310 Å². The van der Waals surface area contributed by atoms with E-state index in [9.17, 15) is 19.5 Å². The number of nitrogens with one attached hydrogen (secondary N) is 2. The third kappa shape index (κ3) is 9.39. The molecular formula is C41H47N7O5. The molecule has 2 fully saturated rings. The number of hydrogen-bond donors (Lipinski definition) is 3. The fourth-order valence-electron chi connectivity index (χ4n) is 6.76. The standard InChI is InChI=1S/C41H47N7O5/c1-3-18-42-27-39(50)48-36(24-30-12-15-35(49)16-13-30)40(51)47(29-38(48)45(2)41(52)44-25-31-8-5-4-6-9-31)28-32-10-7-11-33(23-32)34-14-17-37(43-26-34)46-19-21-53-22-20-46/h3-17,23,26,36,38,42,49H,1,18-22,24-25,27-29H2,2H3,(H,44,52)/t36-,38+/m0/s1. The number of ether oxygens (including phenoxy) is 1. The number of morpholine rings is 1. The normalized spacial score (nSPS) is 17.4. The first-order chi connectivity index (χ1) is 25.8. The van der Waals surface area contributed by atoms with Crippen LogP contribution in [-0.2, 0) is 33.8 Å². The van der Waals surface area contributed by atoms with Gasteiger partial charge in [-0.2, -0.15) is 0 Å². The maximum absolute atomic E-state index is 14.5. The van der Waals surface area contributed by atoms with Crippen LogP contribution in [0, 0.1) is 0 Å². The Morgan fingerprint density at radius 3 is 2.43 bits per heavy atom. The van der Waals surface area contributed by atoms with E-state index >= 15 is 0 Å². The lowest BCUT2D eigenvalue weighted by atomic mass is 9.98. The van der Waals surface area contributed by atoms with Crippen molar-refractivity contribution in [3.63, 3.8) is 0 Å². The fourth-order valence-corrected chi connectivity index (χ4v) is 6.76. The number of carbonyl (C=O) groups excluding carboxylic acids is 3. The van der Waals surface area contributed by atoms with Crippen molar-refractivity contribution < 1.29 is 24.2 Å².